The number of benzene rings is 1. The quantitative estimate of drug-likeness (QED) is 0.854. The Kier molecular flexibility index (Phi) is 3.90. The summed E-state index contributed by atoms with van der Waals surface area (Å²) in [7, 11) is 3.82. The third-order valence-corrected chi connectivity index (χ3v) is 2.91. The van der Waals surface area contributed by atoms with Gasteiger partial charge in [-0.25, -0.2) is 8.78 Å². The zero-order valence-corrected chi connectivity index (χ0v) is 11.0. The molecule has 1 aromatic heterocycles. The lowest BCUT2D eigenvalue weighted by Gasteiger charge is -2.18. The van der Waals surface area contributed by atoms with Crippen LogP contribution in [0.5, 0.6) is 0 Å². The lowest BCUT2D eigenvalue weighted by atomic mass is 10.2. The molecule has 1 aromatic carbocycles. The zero-order valence-electron chi connectivity index (χ0n) is 11.0. The molecule has 0 aliphatic heterocycles. The molecule has 0 spiro atoms. The Hall–Kier alpha value is -1.82. The lowest BCUT2D eigenvalue weighted by molar-refractivity contribution is 0.224. The van der Waals surface area contributed by atoms with E-state index < -0.39 is 11.6 Å². The van der Waals surface area contributed by atoms with Gasteiger partial charge in [0.2, 0.25) is 11.7 Å². The van der Waals surface area contributed by atoms with Crippen LogP contribution < -0.4 is 0 Å². The van der Waals surface area contributed by atoms with Crippen LogP contribution in [0.25, 0.3) is 11.4 Å². The molecule has 4 nitrogen and oxygen atoms in total. The zero-order chi connectivity index (χ0) is 14.0. The molecule has 2 rings (SSSR count). The highest BCUT2D eigenvalue weighted by molar-refractivity contribution is 5.54. The first-order valence-corrected chi connectivity index (χ1v) is 5.98. The van der Waals surface area contributed by atoms with Crippen molar-refractivity contribution in [1.82, 2.24) is 15.0 Å². The molecule has 0 fully saturated rings. The fraction of sp³-hybridized carbons (Fsp3) is 0.385. The molecule has 0 saturated heterocycles. The van der Waals surface area contributed by atoms with Gasteiger partial charge in [0.05, 0.1) is 6.04 Å². The summed E-state index contributed by atoms with van der Waals surface area (Å²) in [6.45, 7) is 2.01. The maximum Gasteiger partial charge on any atom is 0.244 e. The van der Waals surface area contributed by atoms with Crippen LogP contribution in [-0.4, -0.2) is 29.1 Å². The number of nitrogens with zero attached hydrogens (tertiary/aromatic N) is 3. The van der Waals surface area contributed by atoms with Crippen molar-refractivity contribution in [2.24, 2.45) is 0 Å². The van der Waals surface area contributed by atoms with Crippen molar-refractivity contribution in [3.05, 3.63) is 35.7 Å². The highest BCUT2D eigenvalue weighted by atomic mass is 19.2. The second-order valence-electron chi connectivity index (χ2n) is 4.47. The molecule has 6 heteroatoms. The molecule has 0 amide bonds. The summed E-state index contributed by atoms with van der Waals surface area (Å²) in [4.78, 5) is 6.20. The van der Waals surface area contributed by atoms with E-state index >= 15 is 0 Å². The summed E-state index contributed by atoms with van der Waals surface area (Å²) in [6, 6.07) is 3.53. The molecule has 0 radical (unpaired) electrons. The minimum absolute atomic E-state index is 0.00606. The summed E-state index contributed by atoms with van der Waals surface area (Å²) >= 11 is 0. The molecule has 1 heterocycles. The first kappa shape index (κ1) is 13.6. The fourth-order valence-electron chi connectivity index (χ4n) is 1.88. The second kappa shape index (κ2) is 5.44. The standard InChI is InChI=1S/C13H15F2N3O/c1-4-11(18(2)3)13-16-12(17-19-13)8-5-6-9(14)10(15)7-8/h5-7,11H,4H2,1-3H3. The van der Waals surface area contributed by atoms with E-state index in [2.05, 4.69) is 10.1 Å². The highest BCUT2D eigenvalue weighted by Crippen LogP contribution is 2.24. The van der Waals surface area contributed by atoms with Crippen molar-refractivity contribution in [3.8, 4) is 11.4 Å². The van der Waals surface area contributed by atoms with Crippen molar-refractivity contribution in [2.75, 3.05) is 14.1 Å². The van der Waals surface area contributed by atoms with E-state index in [4.69, 9.17) is 4.52 Å². The Labute approximate surface area is 110 Å². The average molecular weight is 267 g/mol. The topological polar surface area (TPSA) is 42.2 Å². The Morgan fingerprint density at radius 2 is 2.00 bits per heavy atom. The Morgan fingerprint density at radius 1 is 1.26 bits per heavy atom. The molecule has 2 aromatic rings. The number of rotatable bonds is 4. The van der Waals surface area contributed by atoms with Crippen LogP contribution in [0.4, 0.5) is 8.78 Å². The van der Waals surface area contributed by atoms with Crippen LogP contribution in [0.2, 0.25) is 0 Å². The molecule has 102 valence electrons. The van der Waals surface area contributed by atoms with E-state index in [0.29, 0.717) is 11.5 Å². The Bertz CT molecular complexity index is 569. The van der Waals surface area contributed by atoms with Gasteiger partial charge in [0.25, 0.3) is 0 Å². The second-order valence-corrected chi connectivity index (χ2v) is 4.47. The Morgan fingerprint density at radius 3 is 2.58 bits per heavy atom. The smallest absolute Gasteiger partial charge is 0.244 e. The summed E-state index contributed by atoms with van der Waals surface area (Å²) in [5.41, 5.74) is 0.391. The molecule has 1 unspecified atom stereocenters. The summed E-state index contributed by atoms with van der Waals surface area (Å²) in [6.07, 6.45) is 0.812. The van der Waals surface area contributed by atoms with Gasteiger partial charge in [0.1, 0.15) is 0 Å². The predicted molar refractivity (Wildman–Crippen MR) is 66.4 cm³/mol. The number of hydrogen-bond acceptors (Lipinski definition) is 4. The van der Waals surface area contributed by atoms with Gasteiger partial charge in [-0.15, -0.1) is 0 Å². The van der Waals surface area contributed by atoms with Gasteiger partial charge in [-0.1, -0.05) is 12.1 Å². The van der Waals surface area contributed by atoms with Crippen LogP contribution in [0.1, 0.15) is 25.3 Å². The maximum atomic E-state index is 13.2. The van der Waals surface area contributed by atoms with Crippen molar-refractivity contribution in [2.45, 2.75) is 19.4 Å². The van der Waals surface area contributed by atoms with Gasteiger partial charge in [0.15, 0.2) is 11.6 Å². The lowest BCUT2D eigenvalue weighted by Crippen LogP contribution is -2.19. The van der Waals surface area contributed by atoms with E-state index in [1.54, 1.807) is 0 Å². The molecular weight excluding hydrogens is 252 g/mol. The molecule has 0 saturated carbocycles. The van der Waals surface area contributed by atoms with Gasteiger partial charge < -0.3 is 4.52 Å². The molecule has 0 N–H and O–H groups in total. The predicted octanol–water partition coefficient (Wildman–Crippen LogP) is 3.03. The van der Waals surface area contributed by atoms with Gasteiger partial charge in [0, 0.05) is 5.56 Å². The van der Waals surface area contributed by atoms with E-state index in [9.17, 15) is 8.78 Å². The average Bonchev–Trinajstić information content (AvgIpc) is 2.82. The third-order valence-electron chi connectivity index (χ3n) is 2.91. The van der Waals surface area contributed by atoms with Crippen LogP contribution in [0, 0.1) is 11.6 Å². The summed E-state index contributed by atoms with van der Waals surface area (Å²) < 4.78 is 31.2. The minimum atomic E-state index is -0.927. The van der Waals surface area contributed by atoms with Crippen LogP contribution >= 0.6 is 0 Å². The highest BCUT2D eigenvalue weighted by Gasteiger charge is 2.20. The van der Waals surface area contributed by atoms with E-state index in [1.165, 1.54) is 6.07 Å². The Balaban J connectivity index is 2.32. The fourth-order valence-corrected chi connectivity index (χ4v) is 1.88. The first-order valence-electron chi connectivity index (χ1n) is 5.98. The van der Waals surface area contributed by atoms with Gasteiger partial charge in [-0.05, 0) is 38.7 Å². The normalized spacial score (nSPS) is 12.9. The number of halogens is 2. The van der Waals surface area contributed by atoms with E-state index in [1.807, 2.05) is 25.9 Å². The van der Waals surface area contributed by atoms with Crippen LogP contribution in [0.3, 0.4) is 0 Å². The number of aromatic nitrogens is 2. The van der Waals surface area contributed by atoms with Crippen molar-refractivity contribution < 1.29 is 13.3 Å². The SMILES string of the molecule is CCC(c1nc(-c2ccc(F)c(F)c2)no1)N(C)C. The third kappa shape index (κ3) is 2.78. The van der Waals surface area contributed by atoms with E-state index in [0.717, 1.165) is 18.6 Å². The molecular formula is C13H15F2N3O. The van der Waals surface area contributed by atoms with E-state index in [-0.39, 0.29) is 11.9 Å². The number of hydrogen-bond donors (Lipinski definition) is 0. The monoisotopic (exact) mass is 267 g/mol. The minimum Gasteiger partial charge on any atom is -0.337 e. The molecule has 1 atom stereocenters. The molecule has 19 heavy (non-hydrogen) atoms. The maximum absolute atomic E-state index is 13.2. The van der Waals surface area contributed by atoms with Gasteiger partial charge in [-0.2, -0.15) is 4.98 Å². The molecule has 0 aliphatic carbocycles. The van der Waals surface area contributed by atoms with Gasteiger partial charge in [-0.3, -0.25) is 4.90 Å². The molecule has 0 bridgehead atoms. The van der Waals surface area contributed by atoms with Gasteiger partial charge >= 0.3 is 0 Å². The van der Waals surface area contributed by atoms with Crippen molar-refractivity contribution >= 4 is 0 Å². The summed E-state index contributed by atoms with van der Waals surface area (Å²) in [5, 5.41) is 3.81. The van der Waals surface area contributed by atoms with Crippen LogP contribution in [0.15, 0.2) is 22.7 Å². The molecule has 0 aliphatic rings. The van der Waals surface area contributed by atoms with Crippen molar-refractivity contribution in [1.29, 1.82) is 0 Å². The largest absolute Gasteiger partial charge is 0.337 e. The van der Waals surface area contributed by atoms with Crippen molar-refractivity contribution in [3.63, 3.8) is 0 Å². The summed E-state index contributed by atoms with van der Waals surface area (Å²) in [5.74, 6) is -1.10. The first-order chi connectivity index (χ1) is 9.02. The van der Waals surface area contributed by atoms with Crippen LogP contribution in [-0.2, 0) is 0 Å².